The van der Waals surface area contributed by atoms with Crippen molar-refractivity contribution in [1.82, 2.24) is 10.2 Å². The predicted octanol–water partition coefficient (Wildman–Crippen LogP) is 5.74. The second-order valence-electron chi connectivity index (χ2n) is 12.4. The molecule has 206 valence electrons. The third-order valence-electron chi connectivity index (χ3n) is 9.99. The van der Waals surface area contributed by atoms with E-state index in [9.17, 15) is 14.4 Å². The number of rotatable bonds is 5. The average molecular weight is 536 g/mol. The molecule has 1 N–H and O–H groups in total. The number of piperidine rings is 2. The number of likely N-dealkylation sites (tertiary alicyclic amines) is 1. The first-order valence-corrected chi connectivity index (χ1v) is 15.0. The number of nitrogens with one attached hydrogen (secondary N) is 1. The summed E-state index contributed by atoms with van der Waals surface area (Å²) in [6.45, 7) is 3.46. The van der Waals surface area contributed by atoms with Crippen LogP contribution in [0.15, 0.2) is 54.6 Å². The highest BCUT2D eigenvalue weighted by Gasteiger charge is 2.41. The summed E-state index contributed by atoms with van der Waals surface area (Å²) in [6.07, 6.45) is 11.2. The lowest BCUT2D eigenvalue weighted by atomic mass is 9.68. The second-order valence-corrected chi connectivity index (χ2v) is 12.4. The first-order chi connectivity index (χ1) is 19.5. The molecule has 3 heterocycles. The van der Waals surface area contributed by atoms with Crippen molar-refractivity contribution in [2.24, 2.45) is 5.41 Å². The van der Waals surface area contributed by atoms with E-state index >= 15 is 0 Å². The largest absolute Gasteiger partial charge is 0.299 e. The Morgan fingerprint density at radius 2 is 1.57 bits per heavy atom. The fourth-order valence-electron chi connectivity index (χ4n) is 7.69. The molecule has 7 rings (SSSR count). The Kier molecular flexibility index (Phi) is 6.46. The highest BCUT2D eigenvalue weighted by Crippen LogP contribution is 2.45. The SMILES string of the molecule is O=C1CCC(N2C(=O)c3cccc4c(Cc5ccc(CN6CCC7(CCCCC7)CC6)cc5)ccc2c34)C(=O)N1. The smallest absolute Gasteiger partial charge is 0.259 e. The van der Waals surface area contributed by atoms with Gasteiger partial charge in [-0.05, 0) is 91.2 Å². The van der Waals surface area contributed by atoms with Crippen molar-refractivity contribution in [3.63, 3.8) is 0 Å². The molecule has 3 amide bonds. The van der Waals surface area contributed by atoms with E-state index in [1.165, 1.54) is 74.7 Å². The maximum absolute atomic E-state index is 13.4. The first kappa shape index (κ1) is 25.5. The Labute approximate surface area is 235 Å². The number of hydrogen-bond acceptors (Lipinski definition) is 4. The van der Waals surface area contributed by atoms with Gasteiger partial charge in [-0.2, -0.15) is 0 Å². The number of carbonyl (C=O) groups is 3. The number of nitrogens with zero attached hydrogens (tertiary/aromatic N) is 2. The maximum atomic E-state index is 13.4. The van der Waals surface area contributed by atoms with Gasteiger partial charge in [-0.3, -0.25) is 29.5 Å². The molecule has 0 radical (unpaired) electrons. The zero-order valence-corrected chi connectivity index (χ0v) is 23.1. The van der Waals surface area contributed by atoms with Gasteiger partial charge >= 0.3 is 0 Å². The van der Waals surface area contributed by atoms with Crippen molar-refractivity contribution < 1.29 is 14.4 Å². The lowest BCUT2D eigenvalue weighted by Gasteiger charge is -2.44. The molecular formula is C34H37N3O3. The van der Waals surface area contributed by atoms with Crippen molar-refractivity contribution >= 4 is 34.2 Å². The number of hydrogen-bond donors (Lipinski definition) is 1. The van der Waals surface area contributed by atoms with E-state index < -0.39 is 11.9 Å². The molecule has 2 saturated heterocycles. The number of carbonyl (C=O) groups excluding carboxylic acids is 3. The molecule has 3 aliphatic heterocycles. The van der Waals surface area contributed by atoms with E-state index in [-0.39, 0.29) is 18.2 Å². The minimum Gasteiger partial charge on any atom is -0.299 e. The molecule has 3 aromatic carbocycles. The Hall–Kier alpha value is -3.51. The van der Waals surface area contributed by atoms with Crippen LogP contribution in [-0.4, -0.2) is 41.8 Å². The Balaban J connectivity index is 1.06. The zero-order chi connectivity index (χ0) is 27.3. The van der Waals surface area contributed by atoms with Gasteiger partial charge in [0.2, 0.25) is 11.8 Å². The monoisotopic (exact) mass is 535 g/mol. The van der Waals surface area contributed by atoms with Gasteiger partial charge in [0.25, 0.3) is 5.91 Å². The van der Waals surface area contributed by atoms with Gasteiger partial charge in [0, 0.05) is 23.9 Å². The summed E-state index contributed by atoms with van der Waals surface area (Å²) in [5.74, 6) is -0.836. The highest BCUT2D eigenvalue weighted by molar-refractivity contribution is 6.27. The molecule has 0 bridgehead atoms. The van der Waals surface area contributed by atoms with Gasteiger partial charge in [-0.15, -0.1) is 0 Å². The summed E-state index contributed by atoms with van der Waals surface area (Å²) in [5.41, 5.74) is 5.82. The van der Waals surface area contributed by atoms with E-state index in [0.717, 1.165) is 29.4 Å². The second kappa shape index (κ2) is 10.2. The van der Waals surface area contributed by atoms with Crippen LogP contribution in [0.2, 0.25) is 0 Å². The quantitative estimate of drug-likeness (QED) is 0.423. The van der Waals surface area contributed by atoms with Crippen molar-refractivity contribution in [3.05, 3.63) is 76.9 Å². The topological polar surface area (TPSA) is 69.7 Å². The van der Waals surface area contributed by atoms with Gasteiger partial charge in [-0.25, -0.2) is 0 Å². The normalized spacial score (nSPS) is 22.8. The fourth-order valence-corrected chi connectivity index (χ4v) is 7.69. The number of imide groups is 1. The molecule has 3 fully saturated rings. The Morgan fingerprint density at radius 3 is 2.33 bits per heavy atom. The number of anilines is 1. The highest BCUT2D eigenvalue weighted by atomic mass is 16.2. The van der Waals surface area contributed by atoms with Crippen LogP contribution in [0.1, 0.15) is 84.8 Å². The van der Waals surface area contributed by atoms with E-state index in [1.54, 1.807) is 4.90 Å². The molecule has 6 heteroatoms. The van der Waals surface area contributed by atoms with Gasteiger partial charge in [-0.1, -0.05) is 61.7 Å². The molecule has 0 aromatic heterocycles. The Bertz CT molecular complexity index is 1480. The van der Waals surface area contributed by atoms with Crippen LogP contribution in [-0.2, 0) is 22.6 Å². The van der Waals surface area contributed by atoms with E-state index in [2.05, 4.69) is 46.6 Å². The minimum atomic E-state index is -0.660. The van der Waals surface area contributed by atoms with Gasteiger partial charge in [0.05, 0.1) is 5.69 Å². The van der Waals surface area contributed by atoms with Crippen LogP contribution in [0, 0.1) is 5.41 Å². The average Bonchev–Trinajstić information content (AvgIpc) is 3.25. The van der Waals surface area contributed by atoms with Gasteiger partial charge in [0.15, 0.2) is 0 Å². The predicted molar refractivity (Wildman–Crippen MR) is 156 cm³/mol. The fraction of sp³-hybridized carbons (Fsp3) is 0.441. The summed E-state index contributed by atoms with van der Waals surface area (Å²) in [7, 11) is 0. The lowest BCUT2D eigenvalue weighted by molar-refractivity contribution is -0.134. The molecule has 1 saturated carbocycles. The van der Waals surface area contributed by atoms with Crippen molar-refractivity contribution in [2.45, 2.75) is 76.8 Å². The van der Waals surface area contributed by atoms with E-state index in [1.807, 2.05) is 18.2 Å². The summed E-state index contributed by atoms with van der Waals surface area (Å²) in [6, 6.07) is 18.3. The molecule has 40 heavy (non-hydrogen) atoms. The molecule has 1 spiro atoms. The number of benzene rings is 3. The molecule has 4 aliphatic rings. The van der Waals surface area contributed by atoms with E-state index in [4.69, 9.17) is 0 Å². The third-order valence-corrected chi connectivity index (χ3v) is 9.99. The summed E-state index contributed by atoms with van der Waals surface area (Å²) in [5, 5.41) is 4.36. The summed E-state index contributed by atoms with van der Waals surface area (Å²) in [4.78, 5) is 41.9. The number of amides is 3. The Morgan fingerprint density at radius 1 is 0.825 bits per heavy atom. The van der Waals surface area contributed by atoms with E-state index in [0.29, 0.717) is 17.4 Å². The minimum absolute atomic E-state index is 0.163. The van der Waals surface area contributed by atoms with Gasteiger partial charge < -0.3 is 0 Å². The molecule has 1 unspecified atom stereocenters. The van der Waals surface area contributed by atoms with Crippen LogP contribution in [0.5, 0.6) is 0 Å². The summed E-state index contributed by atoms with van der Waals surface area (Å²) >= 11 is 0. The maximum Gasteiger partial charge on any atom is 0.259 e. The third kappa shape index (κ3) is 4.52. The van der Waals surface area contributed by atoms with Crippen LogP contribution in [0.4, 0.5) is 5.69 Å². The van der Waals surface area contributed by atoms with Crippen LogP contribution >= 0.6 is 0 Å². The van der Waals surface area contributed by atoms with Crippen molar-refractivity contribution in [3.8, 4) is 0 Å². The van der Waals surface area contributed by atoms with Crippen LogP contribution in [0.3, 0.4) is 0 Å². The zero-order valence-electron chi connectivity index (χ0n) is 23.1. The molecule has 3 aromatic rings. The summed E-state index contributed by atoms with van der Waals surface area (Å²) < 4.78 is 0. The van der Waals surface area contributed by atoms with Crippen LogP contribution in [0.25, 0.3) is 10.8 Å². The van der Waals surface area contributed by atoms with Crippen LogP contribution < -0.4 is 10.2 Å². The van der Waals surface area contributed by atoms with Gasteiger partial charge in [0.1, 0.15) is 6.04 Å². The van der Waals surface area contributed by atoms with Crippen molar-refractivity contribution in [2.75, 3.05) is 18.0 Å². The lowest BCUT2D eigenvalue weighted by Crippen LogP contribution is -2.53. The molecule has 1 atom stereocenters. The standard InChI is InChI=1S/C34H37N3O3/c38-30-14-13-29(32(39)35-30)37-28-12-11-25(26-5-4-6-27(31(26)28)33(37)40)21-23-7-9-24(10-8-23)22-36-19-17-34(18-20-36)15-2-1-3-16-34/h4-12,29H,1-3,13-22H2,(H,35,38,39). The molecule has 6 nitrogen and oxygen atoms in total. The molecule has 1 aliphatic carbocycles. The molecular weight excluding hydrogens is 498 g/mol. The first-order valence-electron chi connectivity index (χ1n) is 15.0. The van der Waals surface area contributed by atoms with Crippen molar-refractivity contribution in [1.29, 1.82) is 0 Å².